The first-order valence-corrected chi connectivity index (χ1v) is 5.75. The Balaban J connectivity index is 2.18. The predicted octanol–water partition coefficient (Wildman–Crippen LogP) is 2.95. The summed E-state index contributed by atoms with van der Waals surface area (Å²) in [6, 6.07) is 5.57. The number of nitrogens with zero attached hydrogens (tertiary/aromatic N) is 4. The Kier molecular flexibility index (Phi) is 2.48. The second-order valence-corrected chi connectivity index (χ2v) is 4.27. The van der Waals surface area contributed by atoms with Crippen molar-refractivity contribution in [3.63, 3.8) is 0 Å². The molecule has 0 amide bonds. The zero-order valence-electron chi connectivity index (χ0n) is 9.81. The zero-order valence-corrected chi connectivity index (χ0v) is 10.6. The van der Waals surface area contributed by atoms with Crippen molar-refractivity contribution in [3.05, 3.63) is 35.1 Å². The van der Waals surface area contributed by atoms with Gasteiger partial charge in [0.15, 0.2) is 16.6 Å². The molecule has 0 spiro atoms. The normalized spacial score (nSPS) is 11.1. The van der Waals surface area contributed by atoms with Gasteiger partial charge >= 0.3 is 0 Å². The number of hydrogen-bond acceptors (Lipinski definition) is 5. The maximum Gasteiger partial charge on any atom is 0.192 e. The highest BCUT2D eigenvalue weighted by Gasteiger charge is 2.10. The third-order valence-electron chi connectivity index (χ3n) is 2.52. The fourth-order valence-corrected chi connectivity index (χ4v) is 2.01. The van der Waals surface area contributed by atoms with Gasteiger partial charge in [0, 0.05) is 12.5 Å². The molecule has 0 aliphatic heterocycles. The summed E-state index contributed by atoms with van der Waals surface area (Å²) in [4.78, 5) is 8.31. The van der Waals surface area contributed by atoms with Crippen LogP contribution < -0.4 is 0 Å². The Labute approximate surface area is 108 Å². The average Bonchev–Trinajstić information content (AvgIpc) is 2.68. The summed E-state index contributed by atoms with van der Waals surface area (Å²) >= 11 is 6.06. The molecule has 0 N–H and O–H groups in total. The molecule has 90 valence electrons. The van der Waals surface area contributed by atoms with Gasteiger partial charge in [-0.15, -0.1) is 10.2 Å². The van der Waals surface area contributed by atoms with Gasteiger partial charge in [-0.05, 0) is 19.1 Å². The third kappa shape index (κ3) is 1.82. The molecule has 0 bridgehead atoms. The Bertz CT molecular complexity index is 738. The molecule has 1 aromatic carbocycles. The Morgan fingerprint density at radius 1 is 1.11 bits per heavy atom. The van der Waals surface area contributed by atoms with E-state index in [1.807, 2.05) is 18.2 Å². The smallest absolute Gasteiger partial charge is 0.192 e. The molecule has 0 fully saturated rings. The van der Waals surface area contributed by atoms with Crippen LogP contribution in [0.3, 0.4) is 0 Å². The van der Waals surface area contributed by atoms with Crippen LogP contribution in [0.25, 0.3) is 22.4 Å². The Morgan fingerprint density at radius 3 is 2.72 bits per heavy atom. The van der Waals surface area contributed by atoms with E-state index in [0.29, 0.717) is 28.1 Å². The highest BCUT2D eigenvalue weighted by molar-refractivity contribution is 6.31. The number of aromatic nitrogens is 4. The lowest BCUT2D eigenvalue weighted by Crippen LogP contribution is -1.95. The molecule has 18 heavy (non-hydrogen) atoms. The van der Waals surface area contributed by atoms with E-state index in [1.54, 1.807) is 13.8 Å². The fourth-order valence-electron chi connectivity index (χ4n) is 1.74. The molecule has 5 nitrogen and oxygen atoms in total. The van der Waals surface area contributed by atoms with Gasteiger partial charge < -0.3 is 4.42 Å². The summed E-state index contributed by atoms with van der Waals surface area (Å²) in [5.74, 6) is 1.17. The summed E-state index contributed by atoms with van der Waals surface area (Å²) in [7, 11) is 0. The first kappa shape index (κ1) is 11.1. The van der Waals surface area contributed by atoms with Gasteiger partial charge in [0.2, 0.25) is 0 Å². The quantitative estimate of drug-likeness (QED) is 0.673. The van der Waals surface area contributed by atoms with Crippen molar-refractivity contribution in [1.82, 2.24) is 20.2 Å². The molecule has 2 aromatic heterocycles. The van der Waals surface area contributed by atoms with Crippen LogP contribution in [0.1, 0.15) is 11.7 Å². The number of halogens is 1. The van der Waals surface area contributed by atoms with Crippen LogP contribution in [0.4, 0.5) is 0 Å². The van der Waals surface area contributed by atoms with Crippen molar-refractivity contribution in [3.8, 4) is 11.3 Å². The van der Waals surface area contributed by atoms with Crippen LogP contribution in [0, 0.1) is 13.8 Å². The van der Waals surface area contributed by atoms with Gasteiger partial charge in [0.05, 0.1) is 0 Å². The maximum absolute atomic E-state index is 6.06. The molecule has 0 unspecified atom stereocenters. The molecule has 3 aromatic rings. The monoisotopic (exact) mass is 260 g/mol. The van der Waals surface area contributed by atoms with Crippen molar-refractivity contribution >= 4 is 22.7 Å². The van der Waals surface area contributed by atoms with Crippen molar-refractivity contribution in [2.75, 3.05) is 0 Å². The summed E-state index contributed by atoms with van der Waals surface area (Å²) in [5, 5.41) is 8.30. The summed E-state index contributed by atoms with van der Waals surface area (Å²) in [6.07, 6.45) is 0. The molecule has 0 aliphatic rings. The molecular formula is C12H9ClN4O. The summed E-state index contributed by atoms with van der Waals surface area (Å²) in [5.41, 5.74) is 2.85. The number of hydrogen-bond donors (Lipinski definition) is 0. The van der Waals surface area contributed by atoms with Crippen LogP contribution in [0.5, 0.6) is 0 Å². The molecule has 2 heterocycles. The van der Waals surface area contributed by atoms with Crippen molar-refractivity contribution in [2.24, 2.45) is 0 Å². The van der Waals surface area contributed by atoms with Gasteiger partial charge in [-0.2, -0.15) is 0 Å². The number of oxazole rings is 1. The largest absolute Gasteiger partial charge is 0.441 e. The van der Waals surface area contributed by atoms with Gasteiger partial charge in [0.1, 0.15) is 17.0 Å². The first-order chi connectivity index (χ1) is 8.63. The molecule has 3 rings (SSSR count). The van der Waals surface area contributed by atoms with Crippen LogP contribution >= 0.6 is 11.6 Å². The minimum Gasteiger partial charge on any atom is -0.441 e. The predicted molar refractivity (Wildman–Crippen MR) is 67.3 cm³/mol. The molecule has 6 heteroatoms. The number of fused-ring (bicyclic) bond motifs is 1. The first-order valence-electron chi connectivity index (χ1n) is 5.38. The molecule has 0 saturated carbocycles. The number of benzene rings is 1. The summed E-state index contributed by atoms with van der Waals surface area (Å²) < 4.78 is 5.47. The minimum absolute atomic E-state index is 0.332. The van der Waals surface area contributed by atoms with E-state index in [-0.39, 0.29) is 0 Å². The lowest BCUT2D eigenvalue weighted by Gasteiger charge is -2.01. The van der Waals surface area contributed by atoms with Gasteiger partial charge in [-0.25, -0.2) is 9.97 Å². The van der Waals surface area contributed by atoms with Crippen molar-refractivity contribution < 1.29 is 4.42 Å². The van der Waals surface area contributed by atoms with Gasteiger partial charge in [-0.3, -0.25) is 0 Å². The third-order valence-corrected chi connectivity index (χ3v) is 2.78. The maximum atomic E-state index is 6.06. The zero-order chi connectivity index (χ0) is 12.7. The van der Waals surface area contributed by atoms with E-state index in [2.05, 4.69) is 20.2 Å². The van der Waals surface area contributed by atoms with E-state index in [0.717, 1.165) is 11.1 Å². The lowest BCUT2D eigenvalue weighted by molar-refractivity contribution is 0.561. The fraction of sp³-hybridized carbons (Fsp3) is 0.167. The molecular weight excluding hydrogens is 252 g/mol. The number of rotatable bonds is 1. The highest BCUT2D eigenvalue weighted by atomic mass is 35.5. The Hall–Kier alpha value is -2.01. The molecule has 0 radical (unpaired) electrons. The van der Waals surface area contributed by atoms with Crippen LogP contribution in [-0.2, 0) is 0 Å². The second-order valence-electron chi connectivity index (χ2n) is 3.91. The topological polar surface area (TPSA) is 64.7 Å². The second kappa shape index (κ2) is 4.03. The number of aryl methyl sites for hydroxylation is 2. The molecule has 0 aliphatic carbocycles. The van der Waals surface area contributed by atoms with E-state index in [1.165, 1.54) is 0 Å². The lowest BCUT2D eigenvalue weighted by atomic mass is 10.1. The molecule has 0 saturated heterocycles. The summed E-state index contributed by atoms with van der Waals surface area (Å²) in [6.45, 7) is 3.55. The standard InChI is InChI=1S/C12H9ClN4O/c1-6-14-12(13)11(17-16-6)8-3-4-9-10(5-8)18-7(2)15-9/h3-5H,1-2H3. The van der Waals surface area contributed by atoms with Gasteiger partial charge in [0.25, 0.3) is 0 Å². The van der Waals surface area contributed by atoms with Crippen molar-refractivity contribution in [2.45, 2.75) is 13.8 Å². The highest BCUT2D eigenvalue weighted by Crippen LogP contribution is 2.27. The van der Waals surface area contributed by atoms with E-state index in [4.69, 9.17) is 16.0 Å². The van der Waals surface area contributed by atoms with E-state index >= 15 is 0 Å². The minimum atomic E-state index is 0.332. The van der Waals surface area contributed by atoms with E-state index < -0.39 is 0 Å². The van der Waals surface area contributed by atoms with Crippen LogP contribution in [-0.4, -0.2) is 20.2 Å². The Morgan fingerprint density at radius 2 is 1.94 bits per heavy atom. The van der Waals surface area contributed by atoms with Gasteiger partial charge in [-0.1, -0.05) is 17.7 Å². The van der Waals surface area contributed by atoms with E-state index in [9.17, 15) is 0 Å². The SMILES string of the molecule is Cc1nnc(-c2ccc3nc(C)oc3c2)c(Cl)n1. The van der Waals surface area contributed by atoms with Crippen LogP contribution in [0.15, 0.2) is 22.6 Å². The van der Waals surface area contributed by atoms with Crippen molar-refractivity contribution in [1.29, 1.82) is 0 Å². The van der Waals surface area contributed by atoms with Crippen LogP contribution in [0.2, 0.25) is 5.15 Å². The molecule has 0 atom stereocenters. The average molecular weight is 261 g/mol.